The zero-order chi connectivity index (χ0) is 13.8. The second-order valence-corrected chi connectivity index (χ2v) is 5.14. The van der Waals surface area contributed by atoms with Gasteiger partial charge in [-0.25, -0.2) is 9.59 Å². The topological polar surface area (TPSA) is 66.8 Å². The summed E-state index contributed by atoms with van der Waals surface area (Å²) in [6.07, 6.45) is 0.832. The molecule has 0 fully saturated rings. The molecule has 0 aromatic rings. The van der Waals surface area contributed by atoms with E-state index in [4.69, 9.17) is 9.84 Å². The maximum atomic E-state index is 11.7. The number of carbonyl (C=O) groups excluding carboxylic acids is 1. The Bertz CT molecular complexity index is 326. The Morgan fingerprint density at radius 1 is 1.29 bits per heavy atom. The Balaban J connectivity index is 4.93. The first-order valence-electron chi connectivity index (χ1n) is 5.46. The number of carbonyl (C=O) groups is 2. The molecule has 0 heterocycles. The van der Waals surface area contributed by atoms with Crippen molar-refractivity contribution in [1.82, 2.24) is 4.90 Å². The predicted molar refractivity (Wildman–Crippen MR) is 64.6 cm³/mol. The Labute approximate surface area is 102 Å². The van der Waals surface area contributed by atoms with Crippen LogP contribution in [0.2, 0.25) is 0 Å². The molecule has 0 radical (unpaired) electrons. The fourth-order valence-corrected chi connectivity index (χ4v) is 1.07. The van der Waals surface area contributed by atoms with Gasteiger partial charge in [-0.2, -0.15) is 0 Å². The number of amides is 1. The van der Waals surface area contributed by atoms with E-state index in [-0.39, 0.29) is 11.6 Å². The number of hydrogen-bond acceptors (Lipinski definition) is 3. The number of rotatable bonds is 3. The minimum absolute atomic E-state index is 0.0333. The van der Waals surface area contributed by atoms with Crippen LogP contribution in [0.3, 0.4) is 0 Å². The van der Waals surface area contributed by atoms with Crippen LogP contribution in [0.25, 0.3) is 0 Å². The number of ether oxygens (including phenoxy) is 1. The molecule has 0 atom stereocenters. The predicted octanol–water partition coefficient (Wildman–Crippen LogP) is 2.48. The number of carboxylic acids is 1. The van der Waals surface area contributed by atoms with Crippen LogP contribution in [0.5, 0.6) is 0 Å². The molecule has 5 nitrogen and oxygen atoms in total. The molecule has 0 bridgehead atoms. The van der Waals surface area contributed by atoms with Crippen LogP contribution in [0.1, 0.15) is 34.6 Å². The van der Waals surface area contributed by atoms with Gasteiger partial charge in [0.15, 0.2) is 0 Å². The first kappa shape index (κ1) is 15.5. The quantitative estimate of drug-likeness (QED) is 0.773. The molecule has 17 heavy (non-hydrogen) atoms. The first-order valence-corrected chi connectivity index (χ1v) is 5.46. The average molecular weight is 243 g/mol. The van der Waals surface area contributed by atoms with Crippen LogP contribution in [-0.2, 0) is 9.53 Å². The lowest BCUT2D eigenvalue weighted by molar-refractivity contribution is -0.134. The Morgan fingerprint density at radius 3 is 2.06 bits per heavy atom. The van der Waals surface area contributed by atoms with E-state index in [9.17, 15) is 9.59 Å². The summed E-state index contributed by atoms with van der Waals surface area (Å²) in [5, 5.41) is 9.02. The van der Waals surface area contributed by atoms with E-state index in [1.54, 1.807) is 20.8 Å². The molecule has 0 aliphatic rings. The molecule has 0 aliphatic carbocycles. The second kappa shape index (κ2) is 5.70. The normalized spacial score (nSPS) is 12.5. The molecule has 98 valence electrons. The number of hydrogen-bond donors (Lipinski definition) is 1. The van der Waals surface area contributed by atoms with Crippen LogP contribution < -0.4 is 0 Å². The number of aliphatic carboxylic acids is 1. The van der Waals surface area contributed by atoms with Crippen molar-refractivity contribution < 1.29 is 19.4 Å². The number of likely N-dealkylation sites (N-methyl/N-ethyl adjacent to an activating group) is 1. The van der Waals surface area contributed by atoms with E-state index in [1.165, 1.54) is 13.1 Å². The van der Waals surface area contributed by atoms with Gasteiger partial charge in [-0.3, -0.25) is 4.90 Å². The summed E-state index contributed by atoms with van der Waals surface area (Å²) in [6.45, 7) is 8.86. The third-order valence-electron chi connectivity index (χ3n) is 1.74. The molecule has 0 saturated heterocycles. The van der Waals surface area contributed by atoms with Gasteiger partial charge < -0.3 is 9.84 Å². The molecule has 0 aliphatic heterocycles. The summed E-state index contributed by atoms with van der Waals surface area (Å²) < 4.78 is 5.10. The molecule has 1 amide bonds. The smallest absolute Gasteiger partial charge is 0.414 e. The van der Waals surface area contributed by atoms with Crippen molar-refractivity contribution in [2.75, 3.05) is 7.05 Å². The number of nitrogens with zero attached hydrogens (tertiary/aromatic N) is 1. The molecule has 0 saturated carbocycles. The molecule has 0 spiro atoms. The van der Waals surface area contributed by atoms with Gasteiger partial charge in [0, 0.05) is 7.05 Å². The van der Waals surface area contributed by atoms with E-state index in [0.717, 1.165) is 4.90 Å². The summed E-state index contributed by atoms with van der Waals surface area (Å²) >= 11 is 0. The van der Waals surface area contributed by atoms with Crippen molar-refractivity contribution in [3.8, 4) is 0 Å². The molecule has 0 unspecified atom stereocenters. The summed E-state index contributed by atoms with van der Waals surface area (Å²) in [5.41, 5.74) is -0.721. The van der Waals surface area contributed by atoms with Crippen molar-refractivity contribution in [2.24, 2.45) is 5.92 Å². The standard InChI is InChI=1S/C12H21NO4/c1-8(2)7-9(10(14)15)13(6)11(16)17-12(3,4)5/h7-8H,1-6H3,(H,14,15)/b9-7+. The highest BCUT2D eigenvalue weighted by atomic mass is 16.6. The fourth-order valence-electron chi connectivity index (χ4n) is 1.07. The van der Waals surface area contributed by atoms with E-state index in [2.05, 4.69) is 0 Å². The van der Waals surface area contributed by atoms with E-state index in [1.807, 2.05) is 13.8 Å². The van der Waals surface area contributed by atoms with Gasteiger partial charge in [0.2, 0.25) is 0 Å². The van der Waals surface area contributed by atoms with Crippen LogP contribution in [-0.4, -0.2) is 34.7 Å². The summed E-state index contributed by atoms with van der Waals surface area (Å²) in [7, 11) is 1.39. The zero-order valence-corrected chi connectivity index (χ0v) is 11.3. The van der Waals surface area contributed by atoms with Gasteiger partial charge in [0.1, 0.15) is 11.3 Å². The summed E-state index contributed by atoms with van der Waals surface area (Å²) in [6, 6.07) is 0. The maximum Gasteiger partial charge on any atom is 0.414 e. The summed E-state index contributed by atoms with van der Waals surface area (Å²) in [4.78, 5) is 23.7. The minimum Gasteiger partial charge on any atom is -0.477 e. The number of carboxylic acid groups (broad SMARTS) is 1. The SMILES string of the molecule is CC(C)/C=C(\C(=O)O)N(C)C(=O)OC(C)(C)C. The van der Waals surface area contributed by atoms with Crippen LogP contribution >= 0.6 is 0 Å². The summed E-state index contributed by atoms with van der Waals surface area (Å²) in [5.74, 6) is -1.11. The molecule has 0 aromatic carbocycles. The van der Waals surface area contributed by atoms with Crippen molar-refractivity contribution in [3.63, 3.8) is 0 Å². The monoisotopic (exact) mass is 243 g/mol. The van der Waals surface area contributed by atoms with Gasteiger partial charge in [-0.15, -0.1) is 0 Å². The van der Waals surface area contributed by atoms with Gasteiger partial charge >= 0.3 is 12.1 Å². The van der Waals surface area contributed by atoms with Crippen molar-refractivity contribution in [2.45, 2.75) is 40.2 Å². The lowest BCUT2D eigenvalue weighted by Gasteiger charge is -2.25. The lowest BCUT2D eigenvalue weighted by atomic mass is 10.1. The lowest BCUT2D eigenvalue weighted by Crippen LogP contribution is -2.36. The van der Waals surface area contributed by atoms with Crippen LogP contribution in [0.15, 0.2) is 11.8 Å². The fraction of sp³-hybridized carbons (Fsp3) is 0.667. The maximum absolute atomic E-state index is 11.7. The van der Waals surface area contributed by atoms with Gasteiger partial charge in [0.25, 0.3) is 0 Å². The van der Waals surface area contributed by atoms with E-state index >= 15 is 0 Å². The molecular weight excluding hydrogens is 222 g/mol. The van der Waals surface area contributed by atoms with Crippen LogP contribution in [0.4, 0.5) is 4.79 Å². The van der Waals surface area contributed by atoms with Gasteiger partial charge in [-0.1, -0.05) is 19.9 Å². The Morgan fingerprint density at radius 2 is 1.76 bits per heavy atom. The van der Waals surface area contributed by atoms with Gasteiger partial charge in [-0.05, 0) is 26.7 Å². The molecular formula is C12H21NO4. The molecule has 5 heteroatoms. The third-order valence-corrected chi connectivity index (χ3v) is 1.74. The van der Waals surface area contributed by atoms with Crippen molar-refractivity contribution >= 4 is 12.1 Å². The Kier molecular flexibility index (Phi) is 5.19. The Hall–Kier alpha value is -1.52. The van der Waals surface area contributed by atoms with E-state index < -0.39 is 17.7 Å². The van der Waals surface area contributed by atoms with Crippen LogP contribution in [0, 0.1) is 5.92 Å². The zero-order valence-electron chi connectivity index (χ0n) is 11.3. The van der Waals surface area contributed by atoms with E-state index in [0.29, 0.717) is 0 Å². The molecule has 1 N–H and O–H groups in total. The highest BCUT2D eigenvalue weighted by Crippen LogP contribution is 2.13. The average Bonchev–Trinajstić information content (AvgIpc) is 2.09. The van der Waals surface area contributed by atoms with Crippen molar-refractivity contribution in [1.29, 1.82) is 0 Å². The number of allylic oxidation sites excluding steroid dienone is 1. The molecule has 0 aromatic heterocycles. The van der Waals surface area contributed by atoms with Gasteiger partial charge in [0.05, 0.1) is 0 Å². The second-order valence-electron chi connectivity index (χ2n) is 5.14. The molecule has 0 rings (SSSR count). The first-order chi connectivity index (χ1) is 7.54. The third kappa shape index (κ3) is 5.94. The van der Waals surface area contributed by atoms with Crippen molar-refractivity contribution in [3.05, 3.63) is 11.8 Å². The minimum atomic E-state index is -1.15. The highest BCUT2D eigenvalue weighted by molar-refractivity contribution is 5.90. The highest BCUT2D eigenvalue weighted by Gasteiger charge is 2.25. The largest absolute Gasteiger partial charge is 0.477 e.